The lowest BCUT2D eigenvalue weighted by atomic mass is 10.0. The number of benzene rings is 6. The Labute approximate surface area is 246 Å². The van der Waals surface area contributed by atoms with Gasteiger partial charge in [-0.1, -0.05) is 98.3 Å². The molecule has 0 unspecified atom stereocenters. The van der Waals surface area contributed by atoms with E-state index in [-0.39, 0.29) is 0 Å². The number of nitrogens with zero attached hydrogens (tertiary/aromatic N) is 2. The van der Waals surface area contributed by atoms with Gasteiger partial charge in [-0.3, -0.25) is 0 Å². The van der Waals surface area contributed by atoms with Gasteiger partial charge in [0.25, 0.3) is 0 Å². The summed E-state index contributed by atoms with van der Waals surface area (Å²) in [6.45, 7) is 2.26. The third kappa shape index (κ3) is 3.94. The largest absolute Gasteiger partial charge is 0.309 e. The summed E-state index contributed by atoms with van der Waals surface area (Å²) in [7, 11) is 0. The second-order valence-corrected chi connectivity index (χ2v) is 11.3. The molecule has 0 bridgehead atoms. The predicted octanol–water partition coefficient (Wildman–Crippen LogP) is 10.9. The number of rotatable bonds is 6. The molecule has 8 rings (SSSR count). The summed E-state index contributed by atoms with van der Waals surface area (Å²) in [4.78, 5) is 0. The topological polar surface area (TPSA) is 9.86 Å². The molecule has 0 N–H and O–H groups in total. The Morgan fingerprint density at radius 3 is 1.60 bits per heavy atom. The number of fused-ring (bicyclic) bond motifs is 6. The summed E-state index contributed by atoms with van der Waals surface area (Å²) in [5.74, 6) is 0. The zero-order valence-corrected chi connectivity index (χ0v) is 23.8. The first kappa shape index (κ1) is 24.7. The molecule has 2 heterocycles. The molecule has 0 saturated heterocycles. The van der Waals surface area contributed by atoms with Crippen molar-refractivity contribution in [2.24, 2.45) is 0 Å². The Bertz CT molecular complexity index is 2190. The quantitative estimate of drug-likeness (QED) is 0.198. The van der Waals surface area contributed by atoms with Crippen molar-refractivity contribution in [3.8, 4) is 22.5 Å². The van der Waals surface area contributed by atoms with Crippen molar-refractivity contribution in [1.82, 2.24) is 9.13 Å². The van der Waals surface area contributed by atoms with E-state index in [2.05, 4.69) is 156 Å². The standard InChI is InChI=1S/C40H32N2/c1-2-3-12-28-13-10-15-31(25-28)41-39-22-9-6-19-35(39)36-27-30(23-24-40(36)41)29-14-11-16-32(26-29)42-37-20-7-4-17-33(37)34-18-5-8-21-38(34)42/h4-11,13-27H,2-3,12H2,1H3. The number of aryl methyl sites for hydroxylation is 1. The number of unbranched alkanes of at least 4 members (excludes halogenated alkanes) is 1. The van der Waals surface area contributed by atoms with E-state index in [1.165, 1.54) is 84.5 Å². The molecule has 42 heavy (non-hydrogen) atoms. The van der Waals surface area contributed by atoms with Crippen molar-refractivity contribution >= 4 is 43.6 Å². The van der Waals surface area contributed by atoms with Gasteiger partial charge in [0.1, 0.15) is 0 Å². The SMILES string of the molecule is CCCCc1cccc(-n2c3ccccc3c3cc(-c4cccc(-n5c6ccccc6c6ccccc65)c4)ccc32)c1. The highest BCUT2D eigenvalue weighted by Crippen LogP contribution is 2.37. The van der Waals surface area contributed by atoms with Crippen LogP contribution in [-0.2, 0) is 6.42 Å². The van der Waals surface area contributed by atoms with Crippen LogP contribution in [0, 0.1) is 0 Å². The van der Waals surface area contributed by atoms with E-state index in [0.717, 1.165) is 6.42 Å². The van der Waals surface area contributed by atoms with Gasteiger partial charge in [-0.15, -0.1) is 0 Å². The second kappa shape index (κ2) is 10.1. The minimum absolute atomic E-state index is 1.12. The summed E-state index contributed by atoms with van der Waals surface area (Å²) in [5.41, 5.74) is 11.2. The minimum atomic E-state index is 1.12. The van der Waals surface area contributed by atoms with Crippen molar-refractivity contribution in [2.75, 3.05) is 0 Å². The molecule has 0 radical (unpaired) electrons. The van der Waals surface area contributed by atoms with E-state index < -0.39 is 0 Å². The summed E-state index contributed by atoms with van der Waals surface area (Å²) in [5, 5.41) is 5.13. The molecule has 0 atom stereocenters. The Morgan fingerprint density at radius 1 is 0.429 bits per heavy atom. The molecule has 0 aliphatic rings. The molecule has 0 amide bonds. The predicted molar refractivity (Wildman–Crippen MR) is 179 cm³/mol. The van der Waals surface area contributed by atoms with Gasteiger partial charge in [0.05, 0.1) is 22.1 Å². The maximum atomic E-state index is 2.43. The van der Waals surface area contributed by atoms with E-state index >= 15 is 0 Å². The highest BCUT2D eigenvalue weighted by Gasteiger charge is 2.15. The molecule has 0 spiro atoms. The molecule has 6 aromatic carbocycles. The number of hydrogen-bond donors (Lipinski definition) is 0. The first-order chi connectivity index (χ1) is 20.8. The summed E-state index contributed by atoms with van der Waals surface area (Å²) in [6, 6.07) is 51.2. The fourth-order valence-corrected chi connectivity index (χ4v) is 6.69. The van der Waals surface area contributed by atoms with Crippen LogP contribution in [0.2, 0.25) is 0 Å². The van der Waals surface area contributed by atoms with Crippen LogP contribution < -0.4 is 0 Å². The van der Waals surface area contributed by atoms with Gasteiger partial charge in [-0.2, -0.15) is 0 Å². The van der Waals surface area contributed by atoms with Crippen LogP contribution >= 0.6 is 0 Å². The molecule has 8 aromatic rings. The van der Waals surface area contributed by atoms with Crippen LogP contribution in [0.15, 0.2) is 140 Å². The van der Waals surface area contributed by atoms with Crippen LogP contribution in [0.5, 0.6) is 0 Å². The number of aromatic nitrogens is 2. The van der Waals surface area contributed by atoms with Gasteiger partial charge in [0.15, 0.2) is 0 Å². The smallest absolute Gasteiger partial charge is 0.0541 e. The highest BCUT2D eigenvalue weighted by atomic mass is 15.0. The highest BCUT2D eigenvalue weighted by molar-refractivity contribution is 6.11. The first-order valence-corrected chi connectivity index (χ1v) is 15.0. The molecule has 2 nitrogen and oxygen atoms in total. The summed E-state index contributed by atoms with van der Waals surface area (Å²) < 4.78 is 4.82. The number of para-hydroxylation sites is 3. The molecule has 0 aliphatic heterocycles. The minimum Gasteiger partial charge on any atom is -0.309 e. The van der Waals surface area contributed by atoms with Crippen LogP contribution in [-0.4, -0.2) is 9.13 Å². The van der Waals surface area contributed by atoms with Crippen molar-refractivity contribution in [3.63, 3.8) is 0 Å². The molecule has 0 saturated carbocycles. The number of hydrogen-bond acceptors (Lipinski definition) is 0. The lowest BCUT2D eigenvalue weighted by molar-refractivity contribution is 0.794. The zero-order chi connectivity index (χ0) is 28.0. The van der Waals surface area contributed by atoms with Crippen LogP contribution in [0.1, 0.15) is 25.3 Å². The Hall–Kier alpha value is -5.08. The summed E-state index contributed by atoms with van der Waals surface area (Å²) in [6.07, 6.45) is 3.54. The molecule has 2 heteroatoms. The maximum Gasteiger partial charge on any atom is 0.0541 e. The van der Waals surface area contributed by atoms with Crippen LogP contribution in [0.3, 0.4) is 0 Å². The van der Waals surface area contributed by atoms with Gasteiger partial charge in [-0.25, -0.2) is 0 Å². The zero-order valence-electron chi connectivity index (χ0n) is 23.8. The van der Waals surface area contributed by atoms with Crippen molar-refractivity contribution in [3.05, 3.63) is 145 Å². The fourth-order valence-electron chi connectivity index (χ4n) is 6.69. The van der Waals surface area contributed by atoms with Gasteiger partial charge in [0.2, 0.25) is 0 Å². The van der Waals surface area contributed by atoms with Crippen LogP contribution in [0.4, 0.5) is 0 Å². The van der Waals surface area contributed by atoms with Crippen molar-refractivity contribution in [1.29, 1.82) is 0 Å². The van der Waals surface area contributed by atoms with Gasteiger partial charge < -0.3 is 9.13 Å². The molecule has 2 aromatic heterocycles. The molecule has 0 fully saturated rings. The Kier molecular flexibility index (Phi) is 5.93. The van der Waals surface area contributed by atoms with Crippen molar-refractivity contribution in [2.45, 2.75) is 26.2 Å². The summed E-state index contributed by atoms with van der Waals surface area (Å²) >= 11 is 0. The monoisotopic (exact) mass is 540 g/mol. The molecule has 0 aliphatic carbocycles. The third-order valence-corrected chi connectivity index (χ3v) is 8.68. The second-order valence-electron chi connectivity index (χ2n) is 11.3. The van der Waals surface area contributed by atoms with Gasteiger partial charge in [-0.05, 0) is 84.1 Å². The molecular weight excluding hydrogens is 508 g/mol. The fraction of sp³-hybridized carbons (Fsp3) is 0.100. The van der Waals surface area contributed by atoms with E-state index in [0.29, 0.717) is 0 Å². The normalized spacial score (nSPS) is 11.7. The van der Waals surface area contributed by atoms with E-state index in [1.807, 2.05) is 0 Å². The van der Waals surface area contributed by atoms with Gasteiger partial charge >= 0.3 is 0 Å². The third-order valence-electron chi connectivity index (χ3n) is 8.68. The van der Waals surface area contributed by atoms with E-state index in [1.54, 1.807) is 0 Å². The van der Waals surface area contributed by atoms with Crippen LogP contribution in [0.25, 0.3) is 66.1 Å². The van der Waals surface area contributed by atoms with Crippen molar-refractivity contribution < 1.29 is 0 Å². The first-order valence-electron chi connectivity index (χ1n) is 15.0. The van der Waals surface area contributed by atoms with E-state index in [4.69, 9.17) is 0 Å². The average molecular weight is 541 g/mol. The molecular formula is C40H32N2. The Balaban J connectivity index is 1.29. The lowest BCUT2D eigenvalue weighted by Crippen LogP contribution is -1.96. The molecule has 202 valence electrons. The van der Waals surface area contributed by atoms with Gasteiger partial charge in [0, 0.05) is 32.9 Å². The average Bonchev–Trinajstić information content (AvgIpc) is 3.57. The van der Waals surface area contributed by atoms with E-state index in [9.17, 15) is 0 Å². The Morgan fingerprint density at radius 2 is 0.952 bits per heavy atom. The lowest BCUT2D eigenvalue weighted by Gasteiger charge is -2.12. The maximum absolute atomic E-state index is 2.43.